The summed E-state index contributed by atoms with van der Waals surface area (Å²) in [5.74, 6) is 1.40. The van der Waals surface area contributed by atoms with Gasteiger partial charge in [-0.3, -0.25) is 10.2 Å². The van der Waals surface area contributed by atoms with Crippen LogP contribution in [0.4, 0.5) is 16.3 Å². The smallest absolute Gasteiger partial charge is 0.324 e. The third-order valence-electron chi connectivity index (χ3n) is 7.29. The van der Waals surface area contributed by atoms with Gasteiger partial charge in [0.25, 0.3) is 0 Å². The lowest BCUT2D eigenvalue weighted by molar-refractivity contribution is -0.0699. The molecule has 1 fully saturated rings. The molecule has 2 amide bonds. The molecule has 0 aliphatic carbocycles. The quantitative estimate of drug-likeness (QED) is 0.263. The number of carbonyl (C=O) groups is 1. The molecular formula is C33H41N5O3. The summed E-state index contributed by atoms with van der Waals surface area (Å²) in [4.78, 5) is 15.7. The lowest BCUT2D eigenvalue weighted by Crippen LogP contribution is -2.46. The molecule has 2 heterocycles. The number of hydrogen-bond donors (Lipinski definition) is 2. The van der Waals surface area contributed by atoms with Gasteiger partial charge in [-0.2, -0.15) is 5.10 Å². The van der Waals surface area contributed by atoms with Gasteiger partial charge in [-0.15, -0.1) is 0 Å². The molecule has 2 N–H and O–H groups in total. The number of amides is 2. The molecule has 5 rings (SSSR count). The van der Waals surface area contributed by atoms with E-state index in [1.165, 1.54) is 0 Å². The Morgan fingerprint density at radius 1 is 0.976 bits per heavy atom. The van der Waals surface area contributed by atoms with Crippen LogP contribution in [0.5, 0.6) is 5.75 Å². The fraction of sp³-hybridized carbons (Fsp3) is 0.394. The summed E-state index contributed by atoms with van der Waals surface area (Å²) in [7, 11) is 0. The van der Waals surface area contributed by atoms with Crippen molar-refractivity contribution in [2.45, 2.75) is 59.2 Å². The van der Waals surface area contributed by atoms with Crippen molar-refractivity contribution in [3.63, 3.8) is 0 Å². The zero-order valence-electron chi connectivity index (χ0n) is 24.9. The van der Waals surface area contributed by atoms with E-state index in [-0.39, 0.29) is 23.7 Å². The first-order valence-electron chi connectivity index (χ1n) is 14.3. The molecule has 1 aliphatic heterocycles. The molecule has 0 saturated carbocycles. The van der Waals surface area contributed by atoms with Crippen LogP contribution in [0.1, 0.15) is 45.9 Å². The summed E-state index contributed by atoms with van der Waals surface area (Å²) in [6.45, 7) is 15.8. The van der Waals surface area contributed by atoms with Crippen molar-refractivity contribution in [3.8, 4) is 11.4 Å². The minimum absolute atomic E-state index is 0.173. The second-order valence-electron chi connectivity index (χ2n) is 12.0. The molecule has 0 spiro atoms. The van der Waals surface area contributed by atoms with Crippen LogP contribution in [0.15, 0.2) is 66.7 Å². The molecule has 4 aromatic rings. The molecule has 0 radical (unpaired) electrons. The lowest BCUT2D eigenvalue weighted by Gasteiger charge is -2.35. The first-order valence-corrected chi connectivity index (χ1v) is 14.3. The maximum Gasteiger partial charge on any atom is 0.324 e. The zero-order valence-corrected chi connectivity index (χ0v) is 24.9. The molecule has 41 heavy (non-hydrogen) atoms. The monoisotopic (exact) mass is 555 g/mol. The van der Waals surface area contributed by atoms with Gasteiger partial charge in [-0.05, 0) is 45.0 Å². The number of aryl methyl sites for hydroxylation is 1. The first-order chi connectivity index (χ1) is 19.6. The van der Waals surface area contributed by atoms with Crippen molar-refractivity contribution >= 4 is 28.3 Å². The Balaban J connectivity index is 1.31. The number of ether oxygens (including phenoxy) is 2. The van der Waals surface area contributed by atoms with Crippen LogP contribution in [0, 0.1) is 6.92 Å². The number of urea groups is 1. The molecule has 8 heteroatoms. The second-order valence-corrected chi connectivity index (χ2v) is 12.0. The minimum Gasteiger partial charge on any atom is -0.492 e. The lowest BCUT2D eigenvalue weighted by atomic mass is 9.92. The first kappa shape index (κ1) is 28.6. The van der Waals surface area contributed by atoms with Crippen LogP contribution >= 0.6 is 0 Å². The van der Waals surface area contributed by atoms with Crippen molar-refractivity contribution in [1.29, 1.82) is 0 Å². The molecule has 3 aromatic carbocycles. The van der Waals surface area contributed by atoms with Gasteiger partial charge in [0.15, 0.2) is 0 Å². The number of morpholine rings is 1. The number of rotatable bonds is 7. The molecule has 0 bridgehead atoms. The molecule has 1 aromatic heterocycles. The molecule has 216 valence electrons. The van der Waals surface area contributed by atoms with E-state index < -0.39 is 0 Å². The number of nitrogens with one attached hydrogen (secondary N) is 2. The number of fused-ring (bicyclic) bond motifs is 1. The average molecular weight is 556 g/mol. The fourth-order valence-corrected chi connectivity index (χ4v) is 5.25. The molecule has 1 saturated heterocycles. The highest BCUT2D eigenvalue weighted by Gasteiger charge is 2.23. The van der Waals surface area contributed by atoms with Crippen molar-refractivity contribution in [1.82, 2.24) is 14.7 Å². The Labute approximate surface area is 242 Å². The number of aromatic nitrogens is 2. The van der Waals surface area contributed by atoms with E-state index in [1.807, 2.05) is 73.7 Å². The van der Waals surface area contributed by atoms with E-state index >= 15 is 0 Å². The predicted molar refractivity (Wildman–Crippen MR) is 166 cm³/mol. The highest BCUT2D eigenvalue weighted by Crippen LogP contribution is 2.32. The van der Waals surface area contributed by atoms with Crippen LogP contribution in [-0.2, 0) is 10.2 Å². The Bertz CT molecular complexity index is 1500. The SMILES string of the molecule is Cc1ccc(-n2nc(C(C)(C)C)cc2NC(=O)Nc2ccc(OCCN3C[C@@H](C)O[C@H](C)C3)c3ccccc23)cc1. The van der Waals surface area contributed by atoms with Crippen LogP contribution < -0.4 is 15.4 Å². The van der Waals surface area contributed by atoms with Gasteiger partial charge in [0.2, 0.25) is 0 Å². The molecule has 8 nitrogen and oxygen atoms in total. The molecule has 0 unspecified atom stereocenters. The normalized spacial score (nSPS) is 17.9. The Morgan fingerprint density at radius 2 is 1.66 bits per heavy atom. The molecule has 2 atom stereocenters. The van der Waals surface area contributed by atoms with Gasteiger partial charge in [0.05, 0.1) is 29.3 Å². The number of carbonyl (C=O) groups excluding carboxylic acids is 1. The third kappa shape index (κ3) is 6.89. The second kappa shape index (κ2) is 11.9. The Hall–Kier alpha value is -3.88. The van der Waals surface area contributed by atoms with E-state index in [2.05, 4.69) is 50.2 Å². The van der Waals surface area contributed by atoms with Crippen molar-refractivity contribution in [3.05, 3.63) is 78.0 Å². The maximum atomic E-state index is 13.3. The van der Waals surface area contributed by atoms with Gasteiger partial charge in [-0.1, -0.05) is 62.7 Å². The van der Waals surface area contributed by atoms with Gasteiger partial charge < -0.3 is 14.8 Å². The third-order valence-corrected chi connectivity index (χ3v) is 7.29. The standard InChI is InChI=1S/C33H41N5O3/c1-22-11-13-25(14-12-22)38-31(19-30(36-38)33(4,5)6)35-32(39)34-28-15-16-29(27-10-8-7-9-26(27)28)40-18-17-37-20-23(2)41-24(3)21-37/h7-16,19,23-24H,17-18,20-21H2,1-6H3,(H2,34,35,39)/t23-,24-/m1/s1. The summed E-state index contributed by atoms with van der Waals surface area (Å²) in [5.41, 5.74) is 3.47. The van der Waals surface area contributed by atoms with Gasteiger partial charge in [-0.25, -0.2) is 9.48 Å². The average Bonchev–Trinajstić information content (AvgIpc) is 3.34. The van der Waals surface area contributed by atoms with E-state index in [4.69, 9.17) is 14.6 Å². The van der Waals surface area contributed by atoms with Crippen molar-refractivity contribution in [2.75, 3.05) is 36.9 Å². The van der Waals surface area contributed by atoms with E-state index in [0.717, 1.165) is 53.1 Å². The highest BCUT2D eigenvalue weighted by molar-refractivity contribution is 6.07. The van der Waals surface area contributed by atoms with Crippen LogP contribution in [0.25, 0.3) is 16.5 Å². The van der Waals surface area contributed by atoms with E-state index in [0.29, 0.717) is 18.1 Å². The number of nitrogens with zero attached hydrogens (tertiary/aromatic N) is 3. The Morgan fingerprint density at radius 3 is 2.34 bits per heavy atom. The topological polar surface area (TPSA) is 80.7 Å². The van der Waals surface area contributed by atoms with Crippen LogP contribution in [0.3, 0.4) is 0 Å². The highest BCUT2D eigenvalue weighted by atomic mass is 16.5. The van der Waals surface area contributed by atoms with E-state index in [1.54, 1.807) is 4.68 Å². The number of anilines is 2. The largest absolute Gasteiger partial charge is 0.492 e. The van der Waals surface area contributed by atoms with Crippen LogP contribution in [-0.4, -0.2) is 59.2 Å². The zero-order chi connectivity index (χ0) is 29.1. The minimum atomic E-state index is -0.340. The summed E-state index contributed by atoms with van der Waals surface area (Å²) in [5, 5.41) is 12.8. The predicted octanol–water partition coefficient (Wildman–Crippen LogP) is 6.76. The maximum absolute atomic E-state index is 13.3. The van der Waals surface area contributed by atoms with Gasteiger partial charge in [0.1, 0.15) is 18.2 Å². The summed E-state index contributed by atoms with van der Waals surface area (Å²) in [6.07, 6.45) is 0.457. The Kier molecular flexibility index (Phi) is 8.33. The van der Waals surface area contributed by atoms with E-state index in [9.17, 15) is 4.79 Å². The number of benzene rings is 3. The van der Waals surface area contributed by atoms with Crippen molar-refractivity contribution < 1.29 is 14.3 Å². The van der Waals surface area contributed by atoms with Crippen LogP contribution in [0.2, 0.25) is 0 Å². The fourth-order valence-electron chi connectivity index (χ4n) is 5.25. The summed E-state index contributed by atoms with van der Waals surface area (Å²) >= 11 is 0. The summed E-state index contributed by atoms with van der Waals surface area (Å²) < 4.78 is 13.9. The van der Waals surface area contributed by atoms with Gasteiger partial charge in [0, 0.05) is 41.9 Å². The van der Waals surface area contributed by atoms with Crippen molar-refractivity contribution in [2.24, 2.45) is 0 Å². The summed E-state index contributed by atoms with van der Waals surface area (Å²) in [6, 6.07) is 21.5. The van der Waals surface area contributed by atoms with Gasteiger partial charge >= 0.3 is 6.03 Å². The molecular weight excluding hydrogens is 514 g/mol. The number of hydrogen-bond acceptors (Lipinski definition) is 5. The molecule has 1 aliphatic rings.